The van der Waals surface area contributed by atoms with Crippen molar-refractivity contribution in [3.8, 4) is 22.8 Å². The Balaban J connectivity index is 0.696. The third kappa shape index (κ3) is 12.3. The highest BCUT2D eigenvalue weighted by molar-refractivity contribution is 6.13. The van der Waals surface area contributed by atoms with Gasteiger partial charge in [-0.1, -0.05) is 0 Å². The normalized spacial score (nSPS) is 27.1. The van der Waals surface area contributed by atoms with Crippen molar-refractivity contribution < 1.29 is 28.5 Å². The highest BCUT2D eigenvalue weighted by Crippen LogP contribution is 2.47. The summed E-state index contributed by atoms with van der Waals surface area (Å²) in [6.07, 6.45) is 21.0. The van der Waals surface area contributed by atoms with E-state index >= 15 is 9.59 Å². The molecular formula is C75H90N18O6. The average Bonchev–Trinajstić information content (AvgIpc) is 1.64. The second kappa shape index (κ2) is 26.2. The first kappa shape index (κ1) is 62.7. The summed E-state index contributed by atoms with van der Waals surface area (Å²) in [4.78, 5) is 64.9. The van der Waals surface area contributed by atoms with Gasteiger partial charge >= 0.3 is 12.1 Å². The summed E-state index contributed by atoms with van der Waals surface area (Å²) in [5, 5.41) is 24.8. The zero-order chi connectivity index (χ0) is 66.2. The number of benzene rings is 4. The molecule has 4 aromatic heterocycles. The van der Waals surface area contributed by atoms with Gasteiger partial charge < -0.3 is 59.4 Å². The molecule has 12 heterocycles. The number of piperazine rings is 2. The molecule has 4 unspecified atom stereocenters. The van der Waals surface area contributed by atoms with Gasteiger partial charge in [-0.25, -0.2) is 38.9 Å². The second-order valence-electron chi connectivity index (χ2n) is 29.6. The van der Waals surface area contributed by atoms with Gasteiger partial charge in [0, 0.05) is 126 Å². The Morgan fingerprint density at radius 2 is 0.879 bits per heavy atom. The number of amides is 4. The standard InChI is InChI=1S/C75H90N18O6/c1-85-38-40-87(41-39-85)55-16-18-59(19-17-55)93(72(94)79-52-8-4-50(5-9-52)66-81-68(88-46-60-20-21-61(47-88)98-60)64-44-77-90(70(64)83-66)56-24-30-74(31-25-56)28-2-42-96-74)92(73(95)80-53-10-14-54(15-11-53)86-36-34-76-35-37-86)58-12-6-51(7-13-58)67-82-69(89-48-62-22-23-63(49-89)99-62)65-45-78-91(71(65)84-67)57-26-32-75(33-27-57)29-3-43-97-75/h4-19,44-45,56-57,60-63,76H,2-3,20-43,46-49H2,1H3,(H,79,94)(H,80,95). The van der Waals surface area contributed by atoms with Crippen LogP contribution in [0, 0.1) is 0 Å². The number of hydrogen-bond acceptors (Lipinski definition) is 18. The number of hydrazine groups is 1. The van der Waals surface area contributed by atoms with Crippen molar-refractivity contribution in [1.82, 2.24) is 49.7 Å². The molecular weight excluding hydrogens is 1250 g/mol. The Hall–Kier alpha value is -8.52. The van der Waals surface area contributed by atoms with Gasteiger partial charge in [-0.2, -0.15) is 20.2 Å². The number of fused-ring (bicyclic) bond motifs is 6. The minimum atomic E-state index is -0.564. The molecule has 10 aliphatic rings. The molecule has 2 saturated carbocycles. The molecule has 24 nitrogen and oxygen atoms in total. The Kier molecular flexibility index (Phi) is 16.6. The van der Waals surface area contributed by atoms with E-state index < -0.39 is 12.1 Å². The summed E-state index contributed by atoms with van der Waals surface area (Å²) in [5.41, 5.74) is 7.24. The lowest BCUT2D eigenvalue weighted by molar-refractivity contribution is -0.0339. The average molecular weight is 1340 g/mol. The Morgan fingerprint density at radius 1 is 0.475 bits per heavy atom. The fourth-order valence-electron chi connectivity index (χ4n) is 17.7. The first-order chi connectivity index (χ1) is 48.6. The van der Waals surface area contributed by atoms with Crippen LogP contribution in [0.2, 0.25) is 0 Å². The van der Waals surface area contributed by atoms with Gasteiger partial charge in [-0.05, 0) is 207 Å². The molecule has 8 saturated heterocycles. The quantitative estimate of drug-likeness (QED) is 0.0969. The van der Waals surface area contributed by atoms with Gasteiger partial charge in [0.05, 0.1) is 82.2 Å². The second-order valence-corrected chi connectivity index (χ2v) is 29.6. The molecule has 18 rings (SSSR count). The molecule has 2 aliphatic carbocycles. The summed E-state index contributed by atoms with van der Waals surface area (Å²) < 4.78 is 29.7. The van der Waals surface area contributed by atoms with Crippen LogP contribution in [0.4, 0.5) is 55.3 Å². The molecule has 2 spiro atoms. The molecule has 10 fully saturated rings. The summed E-state index contributed by atoms with van der Waals surface area (Å²) in [6.45, 7) is 11.8. The van der Waals surface area contributed by atoms with E-state index in [1.807, 2.05) is 109 Å². The van der Waals surface area contributed by atoms with Gasteiger partial charge in [0.25, 0.3) is 0 Å². The Bertz CT molecular complexity index is 4200. The molecule has 8 aliphatic heterocycles. The molecule has 3 N–H and O–H groups in total. The molecule has 4 amide bonds. The van der Waals surface area contributed by atoms with Crippen molar-refractivity contribution >= 4 is 79.9 Å². The number of nitrogens with zero attached hydrogens (tertiary/aromatic N) is 15. The van der Waals surface area contributed by atoms with Crippen LogP contribution < -0.4 is 45.6 Å². The summed E-state index contributed by atoms with van der Waals surface area (Å²) in [7, 11) is 2.15. The number of nitrogens with one attached hydrogen (secondary N) is 3. The number of carbonyl (C=O) groups excluding carboxylic acids is 2. The van der Waals surface area contributed by atoms with Gasteiger partial charge in [-0.15, -0.1) is 0 Å². The maximum Gasteiger partial charge on any atom is 0.345 e. The number of ether oxygens (including phenoxy) is 4. The smallest absolute Gasteiger partial charge is 0.345 e. The highest BCUT2D eigenvalue weighted by Gasteiger charge is 2.43. The monoisotopic (exact) mass is 1340 g/mol. The Morgan fingerprint density at radius 3 is 1.31 bits per heavy atom. The minimum absolute atomic E-state index is 0.00693. The Labute approximate surface area is 577 Å². The molecule has 4 atom stereocenters. The van der Waals surface area contributed by atoms with Gasteiger partial charge in [-0.3, -0.25) is 0 Å². The lowest BCUT2D eigenvalue weighted by atomic mass is 9.80. The largest absolute Gasteiger partial charge is 0.375 e. The van der Waals surface area contributed by atoms with E-state index in [-0.39, 0.29) is 47.7 Å². The first-order valence-electron chi connectivity index (χ1n) is 36.7. The van der Waals surface area contributed by atoms with E-state index in [4.69, 9.17) is 49.1 Å². The lowest BCUT2D eigenvalue weighted by Gasteiger charge is -2.36. The van der Waals surface area contributed by atoms with Crippen molar-refractivity contribution in [2.24, 2.45) is 0 Å². The van der Waals surface area contributed by atoms with E-state index in [1.165, 1.54) is 10.0 Å². The number of carbonyl (C=O) groups is 2. The van der Waals surface area contributed by atoms with Crippen molar-refractivity contribution in [3.05, 3.63) is 109 Å². The van der Waals surface area contributed by atoms with E-state index in [1.54, 1.807) is 0 Å². The zero-order valence-electron chi connectivity index (χ0n) is 56.7. The summed E-state index contributed by atoms with van der Waals surface area (Å²) in [6, 6.07) is 30.5. The number of aromatic nitrogens is 8. The SMILES string of the molecule is CN1CCN(c2ccc(N(C(=O)Nc3ccc(-c4nc(N5CC6CCC(C5)O6)c5cnn(C6CCC7(CCCO7)CC6)c5n4)cc3)N(C(=O)Nc3ccc(N4CCNCC4)cc3)c3ccc(-c4nc(N5CC6CCC(C5)O6)c5cnn(C6CCC7(CCCO7)CC6)c5n4)cc3)cc2)CC1. The van der Waals surface area contributed by atoms with Gasteiger partial charge in [0.2, 0.25) is 0 Å². The highest BCUT2D eigenvalue weighted by atomic mass is 16.5. The lowest BCUT2D eigenvalue weighted by Crippen LogP contribution is -2.54. The number of urea groups is 2. The van der Waals surface area contributed by atoms with Crippen molar-refractivity contribution in [2.45, 2.75) is 150 Å². The van der Waals surface area contributed by atoms with Crippen LogP contribution in [0.25, 0.3) is 44.8 Å². The van der Waals surface area contributed by atoms with Crippen molar-refractivity contribution in [1.29, 1.82) is 0 Å². The molecule has 0 radical (unpaired) electrons. The van der Waals surface area contributed by atoms with Crippen LogP contribution in [0.3, 0.4) is 0 Å². The van der Waals surface area contributed by atoms with Crippen molar-refractivity contribution in [2.75, 3.05) is 139 Å². The molecule has 24 heteroatoms. The summed E-state index contributed by atoms with van der Waals surface area (Å²) >= 11 is 0. The van der Waals surface area contributed by atoms with Crippen LogP contribution in [-0.2, 0) is 18.9 Å². The third-order valence-corrected chi connectivity index (χ3v) is 23.3. The fraction of sp³-hybridized carbons (Fsp3) is 0.520. The van der Waals surface area contributed by atoms with Crippen LogP contribution in [0.1, 0.15) is 115 Å². The van der Waals surface area contributed by atoms with Gasteiger partial charge in [0.15, 0.2) is 22.9 Å². The van der Waals surface area contributed by atoms with E-state index in [2.05, 4.69) is 56.9 Å². The third-order valence-electron chi connectivity index (χ3n) is 23.3. The van der Waals surface area contributed by atoms with Crippen LogP contribution >= 0.6 is 0 Å². The van der Waals surface area contributed by atoms with Gasteiger partial charge in [0.1, 0.15) is 11.6 Å². The van der Waals surface area contributed by atoms with E-state index in [0.29, 0.717) is 34.4 Å². The van der Waals surface area contributed by atoms with E-state index in [0.717, 1.165) is 251 Å². The predicted octanol–water partition coefficient (Wildman–Crippen LogP) is 11.2. The molecule has 516 valence electrons. The topological polar surface area (TPSA) is 217 Å². The zero-order valence-corrected chi connectivity index (χ0v) is 56.7. The van der Waals surface area contributed by atoms with Crippen LogP contribution in [0.5, 0.6) is 0 Å². The maximum absolute atomic E-state index is 15.9. The van der Waals surface area contributed by atoms with Crippen LogP contribution in [0.15, 0.2) is 109 Å². The molecule has 8 aromatic rings. The maximum atomic E-state index is 15.9. The predicted molar refractivity (Wildman–Crippen MR) is 383 cm³/mol. The van der Waals surface area contributed by atoms with Crippen LogP contribution in [-0.4, -0.2) is 191 Å². The minimum Gasteiger partial charge on any atom is -0.375 e. The number of anilines is 8. The number of rotatable bonds is 12. The fourth-order valence-corrected chi connectivity index (χ4v) is 17.7. The summed E-state index contributed by atoms with van der Waals surface area (Å²) in [5.74, 6) is 2.85. The van der Waals surface area contributed by atoms with Crippen molar-refractivity contribution in [3.63, 3.8) is 0 Å². The molecule has 4 aromatic carbocycles. The number of likely N-dealkylation sites (N-methyl/N-ethyl adjacent to an activating group) is 1. The first-order valence-corrected chi connectivity index (χ1v) is 36.7. The number of hydrogen-bond donors (Lipinski definition) is 3. The molecule has 4 bridgehead atoms. The molecule has 99 heavy (non-hydrogen) atoms. The van der Waals surface area contributed by atoms with E-state index in [9.17, 15) is 0 Å². The number of morpholine rings is 2.